The van der Waals surface area contributed by atoms with Gasteiger partial charge in [-0.05, 0) is 56.4 Å². The van der Waals surface area contributed by atoms with Crippen molar-refractivity contribution < 1.29 is 9.53 Å². The Kier molecular flexibility index (Phi) is 5.41. The molecular formula is C16H24N2O2. The normalized spacial score (nSPS) is 15.9. The van der Waals surface area contributed by atoms with E-state index in [-0.39, 0.29) is 5.91 Å². The molecule has 2 rings (SSSR count). The molecule has 0 atom stereocenters. The molecule has 4 nitrogen and oxygen atoms in total. The van der Waals surface area contributed by atoms with E-state index in [0.717, 1.165) is 56.0 Å². The summed E-state index contributed by atoms with van der Waals surface area (Å²) < 4.78 is 5.33. The molecule has 1 saturated heterocycles. The van der Waals surface area contributed by atoms with Gasteiger partial charge < -0.3 is 15.4 Å². The predicted molar refractivity (Wildman–Crippen MR) is 81.2 cm³/mol. The molecule has 0 radical (unpaired) electrons. The molecule has 20 heavy (non-hydrogen) atoms. The van der Waals surface area contributed by atoms with Crippen LogP contribution in [0.15, 0.2) is 18.2 Å². The van der Waals surface area contributed by atoms with Crippen molar-refractivity contribution in [2.24, 2.45) is 5.92 Å². The van der Waals surface area contributed by atoms with E-state index >= 15 is 0 Å². The fourth-order valence-electron chi connectivity index (χ4n) is 2.52. The number of hydrogen-bond donors (Lipinski definition) is 2. The van der Waals surface area contributed by atoms with Gasteiger partial charge >= 0.3 is 0 Å². The minimum Gasteiger partial charge on any atom is -0.385 e. The van der Waals surface area contributed by atoms with E-state index in [1.54, 1.807) is 0 Å². The number of hydrogen-bond acceptors (Lipinski definition) is 3. The van der Waals surface area contributed by atoms with Gasteiger partial charge in [0.2, 0.25) is 0 Å². The van der Waals surface area contributed by atoms with Gasteiger partial charge in [0.15, 0.2) is 0 Å². The van der Waals surface area contributed by atoms with Gasteiger partial charge in [-0.25, -0.2) is 0 Å². The van der Waals surface area contributed by atoms with Crippen molar-refractivity contribution in [3.8, 4) is 0 Å². The van der Waals surface area contributed by atoms with Crippen LogP contribution in [0, 0.1) is 12.8 Å². The molecule has 1 aliphatic rings. The van der Waals surface area contributed by atoms with E-state index in [9.17, 15) is 4.79 Å². The lowest BCUT2D eigenvalue weighted by Gasteiger charge is -2.22. The summed E-state index contributed by atoms with van der Waals surface area (Å²) in [7, 11) is 0. The van der Waals surface area contributed by atoms with Crippen LogP contribution < -0.4 is 10.6 Å². The highest BCUT2D eigenvalue weighted by molar-refractivity contribution is 5.96. The summed E-state index contributed by atoms with van der Waals surface area (Å²) in [4.78, 5) is 12.2. The van der Waals surface area contributed by atoms with Crippen LogP contribution in [-0.4, -0.2) is 32.2 Å². The molecule has 0 spiro atoms. The van der Waals surface area contributed by atoms with E-state index in [4.69, 9.17) is 4.74 Å². The molecule has 0 aliphatic carbocycles. The standard InChI is InChI=1S/C16H24N2O2/c1-3-17-14-4-5-15(12(2)10-14)16(19)18-11-13-6-8-20-9-7-13/h4-5,10,13,17H,3,6-9,11H2,1-2H3,(H,18,19). The number of carbonyl (C=O) groups excluding carboxylic acids is 1. The van der Waals surface area contributed by atoms with Crippen LogP contribution in [0.1, 0.15) is 35.7 Å². The number of nitrogens with one attached hydrogen (secondary N) is 2. The van der Waals surface area contributed by atoms with Crippen molar-refractivity contribution in [2.75, 3.05) is 31.6 Å². The highest BCUT2D eigenvalue weighted by atomic mass is 16.5. The summed E-state index contributed by atoms with van der Waals surface area (Å²) in [5, 5.41) is 6.30. The molecule has 1 aromatic rings. The predicted octanol–water partition coefficient (Wildman–Crippen LogP) is 2.58. The Morgan fingerprint density at radius 2 is 2.10 bits per heavy atom. The lowest BCUT2D eigenvalue weighted by Crippen LogP contribution is -2.32. The van der Waals surface area contributed by atoms with Gasteiger partial charge in [-0.3, -0.25) is 4.79 Å². The molecule has 1 fully saturated rings. The molecule has 1 amide bonds. The number of rotatable bonds is 5. The van der Waals surface area contributed by atoms with E-state index in [2.05, 4.69) is 17.6 Å². The fraction of sp³-hybridized carbons (Fsp3) is 0.562. The Morgan fingerprint density at radius 1 is 1.35 bits per heavy atom. The summed E-state index contributed by atoms with van der Waals surface area (Å²) in [6.45, 7) is 7.30. The molecule has 4 heteroatoms. The number of ether oxygens (including phenoxy) is 1. The summed E-state index contributed by atoms with van der Waals surface area (Å²) in [6, 6.07) is 5.87. The summed E-state index contributed by atoms with van der Waals surface area (Å²) in [5.74, 6) is 0.575. The first-order valence-corrected chi connectivity index (χ1v) is 7.41. The molecule has 110 valence electrons. The molecule has 0 unspecified atom stereocenters. The average Bonchev–Trinajstić information content (AvgIpc) is 2.46. The summed E-state index contributed by atoms with van der Waals surface area (Å²) in [5.41, 5.74) is 2.83. The molecule has 1 aromatic carbocycles. The van der Waals surface area contributed by atoms with Crippen LogP contribution in [-0.2, 0) is 4.74 Å². The Morgan fingerprint density at radius 3 is 2.75 bits per heavy atom. The molecule has 1 heterocycles. The van der Waals surface area contributed by atoms with E-state index in [1.165, 1.54) is 0 Å². The molecule has 0 aromatic heterocycles. The SMILES string of the molecule is CCNc1ccc(C(=O)NCC2CCOCC2)c(C)c1. The van der Waals surface area contributed by atoms with Gasteiger partial charge in [0.1, 0.15) is 0 Å². The van der Waals surface area contributed by atoms with Gasteiger partial charge in [-0.1, -0.05) is 0 Å². The lowest BCUT2D eigenvalue weighted by atomic mass is 10.00. The average molecular weight is 276 g/mol. The van der Waals surface area contributed by atoms with Crippen molar-refractivity contribution in [1.29, 1.82) is 0 Å². The number of aryl methyl sites for hydroxylation is 1. The van der Waals surface area contributed by atoms with Crippen molar-refractivity contribution in [2.45, 2.75) is 26.7 Å². The Balaban J connectivity index is 1.91. The summed E-state index contributed by atoms with van der Waals surface area (Å²) in [6.07, 6.45) is 2.08. The van der Waals surface area contributed by atoms with Crippen LogP contribution in [0.5, 0.6) is 0 Å². The van der Waals surface area contributed by atoms with Gasteiger partial charge in [0.25, 0.3) is 5.91 Å². The third kappa shape index (κ3) is 3.97. The Bertz CT molecular complexity index is 454. The Hall–Kier alpha value is -1.55. The van der Waals surface area contributed by atoms with Crippen molar-refractivity contribution in [3.05, 3.63) is 29.3 Å². The topological polar surface area (TPSA) is 50.4 Å². The molecule has 2 N–H and O–H groups in total. The largest absolute Gasteiger partial charge is 0.385 e. The number of anilines is 1. The maximum absolute atomic E-state index is 12.2. The monoisotopic (exact) mass is 276 g/mol. The first kappa shape index (κ1) is 14.9. The minimum absolute atomic E-state index is 0.0250. The number of amides is 1. The molecule has 0 bridgehead atoms. The Labute approximate surface area is 120 Å². The highest BCUT2D eigenvalue weighted by Gasteiger charge is 2.16. The van der Waals surface area contributed by atoms with Gasteiger partial charge in [0.05, 0.1) is 0 Å². The third-order valence-corrected chi connectivity index (χ3v) is 3.74. The second-order valence-electron chi connectivity index (χ2n) is 5.33. The fourth-order valence-corrected chi connectivity index (χ4v) is 2.52. The zero-order valence-corrected chi connectivity index (χ0v) is 12.4. The van der Waals surface area contributed by atoms with Crippen LogP contribution in [0.3, 0.4) is 0 Å². The molecule has 1 aliphatic heterocycles. The van der Waals surface area contributed by atoms with Gasteiger partial charge in [-0.2, -0.15) is 0 Å². The van der Waals surface area contributed by atoms with E-state index in [1.807, 2.05) is 25.1 Å². The smallest absolute Gasteiger partial charge is 0.251 e. The van der Waals surface area contributed by atoms with E-state index in [0.29, 0.717) is 5.92 Å². The quantitative estimate of drug-likeness (QED) is 0.869. The maximum atomic E-state index is 12.2. The second kappa shape index (κ2) is 7.29. The minimum atomic E-state index is 0.0250. The zero-order chi connectivity index (χ0) is 14.4. The van der Waals surface area contributed by atoms with Gasteiger partial charge in [0, 0.05) is 37.6 Å². The van der Waals surface area contributed by atoms with Crippen LogP contribution >= 0.6 is 0 Å². The third-order valence-electron chi connectivity index (χ3n) is 3.74. The van der Waals surface area contributed by atoms with Crippen molar-refractivity contribution in [1.82, 2.24) is 5.32 Å². The highest BCUT2D eigenvalue weighted by Crippen LogP contribution is 2.16. The van der Waals surface area contributed by atoms with Crippen LogP contribution in [0.2, 0.25) is 0 Å². The second-order valence-corrected chi connectivity index (χ2v) is 5.33. The van der Waals surface area contributed by atoms with E-state index < -0.39 is 0 Å². The van der Waals surface area contributed by atoms with Crippen molar-refractivity contribution >= 4 is 11.6 Å². The first-order valence-electron chi connectivity index (χ1n) is 7.41. The van der Waals surface area contributed by atoms with Crippen LogP contribution in [0.25, 0.3) is 0 Å². The van der Waals surface area contributed by atoms with Gasteiger partial charge in [-0.15, -0.1) is 0 Å². The number of benzene rings is 1. The summed E-state index contributed by atoms with van der Waals surface area (Å²) >= 11 is 0. The lowest BCUT2D eigenvalue weighted by molar-refractivity contribution is 0.0642. The van der Waals surface area contributed by atoms with Crippen molar-refractivity contribution in [3.63, 3.8) is 0 Å². The van der Waals surface area contributed by atoms with Crippen LogP contribution in [0.4, 0.5) is 5.69 Å². The maximum Gasteiger partial charge on any atom is 0.251 e. The zero-order valence-electron chi connectivity index (χ0n) is 12.4. The number of carbonyl (C=O) groups is 1. The molecule has 0 saturated carbocycles. The first-order chi connectivity index (χ1) is 9.70. The molecular weight excluding hydrogens is 252 g/mol.